The number of rotatable bonds is 2. The Balaban J connectivity index is 2.06. The zero-order valence-electron chi connectivity index (χ0n) is 11.0. The van der Waals surface area contributed by atoms with Gasteiger partial charge in [0.2, 0.25) is 5.96 Å². The molecule has 0 bridgehead atoms. The molecule has 1 atom stereocenters. The molecule has 1 heterocycles. The standard InChI is InChI=1S/C13H17N3O3/c1-16-11(7-14-12(16)15-13(18)19-2)10-5-3-9(8-17)4-6-10/h3-6,11,17H,7-8H2,1-2H3,(H,14,15,18). The molecule has 1 aliphatic rings. The predicted molar refractivity (Wildman–Crippen MR) is 70.7 cm³/mol. The van der Waals surface area contributed by atoms with E-state index >= 15 is 0 Å². The van der Waals surface area contributed by atoms with Crippen LogP contribution in [0.15, 0.2) is 29.3 Å². The second-order valence-corrected chi connectivity index (χ2v) is 4.31. The Kier molecular flexibility index (Phi) is 4.01. The minimum atomic E-state index is -0.526. The third-order valence-corrected chi connectivity index (χ3v) is 3.16. The number of alkyl carbamates (subject to hydrolysis) is 1. The smallest absolute Gasteiger partial charge is 0.413 e. The van der Waals surface area contributed by atoms with Gasteiger partial charge in [-0.3, -0.25) is 10.3 Å². The molecule has 1 aromatic rings. The van der Waals surface area contributed by atoms with Crippen molar-refractivity contribution < 1.29 is 14.6 Å². The first-order chi connectivity index (χ1) is 9.15. The van der Waals surface area contributed by atoms with Crippen LogP contribution in [0.4, 0.5) is 4.79 Å². The first-order valence-electron chi connectivity index (χ1n) is 5.97. The average molecular weight is 263 g/mol. The number of hydrogen-bond donors (Lipinski definition) is 2. The molecule has 6 heteroatoms. The summed E-state index contributed by atoms with van der Waals surface area (Å²) < 4.78 is 4.55. The minimum absolute atomic E-state index is 0.0342. The number of aliphatic hydroxyl groups excluding tert-OH is 1. The van der Waals surface area contributed by atoms with Gasteiger partial charge in [0.1, 0.15) is 0 Å². The number of likely N-dealkylation sites (N-methyl/N-ethyl adjacent to an activating group) is 1. The van der Waals surface area contributed by atoms with Gasteiger partial charge in [-0.05, 0) is 11.1 Å². The second-order valence-electron chi connectivity index (χ2n) is 4.31. The van der Waals surface area contributed by atoms with Gasteiger partial charge in [0.05, 0.1) is 26.3 Å². The number of carbonyl (C=O) groups excluding carboxylic acids is 1. The first kappa shape index (κ1) is 13.4. The van der Waals surface area contributed by atoms with Gasteiger partial charge in [0.25, 0.3) is 0 Å². The number of aliphatic imine (C=N–C) groups is 1. The Labute approximate surface area is 111 Å². The maximum Gasteiger partial charge on any atom is 0.413 e. The number of ether oxygens (including phenoxy) is 1. The molecule has 0 fully saturated rings. The summed E-state index contributed by atoms with van der Waals surface area (Å²) in [7, 11) is 3.18. The molecule has 0 saturated carbocycles. The highest BCUT2D eigenvalue weighted by molar-refractivity contribution is 5.94. The largest absolute Gasteiger partial charge is 0.453 e. The molecule has 0 radical (unpaired) electrons. The molecule has 2 N–H and O–H groups in total. The van der Waals surface area contributed by atoms with Crippen LogP contribution in [0, 0.1) is 0 Å². The summed E-state index contributed by atoms with van der Waals surface area (Å²) in [6.07, 6.45) is -0.526. The van der Waals surface area contributed by atoms with Gasteiger partial charge in [-0.2, -0.15) is 0 Å². The maximum absolute atomic E-state index is 11.2. The van der Waals surface area contributed by atoms with E-state index in [2.05, 4.69) is 15.0 Å². The van der Waals surface area contributed by atoms with Crippen LogP contribution in [-0.4, -0.2) is 42.8 Å². The summed E-state index contributed by atoms with van der Waals surface area (Å²) in [4.78, 5) is 17.4. The van der Waals surface area contributed by atoms with Crippen LogP contribution < -0.4 is 5.32 Å². The number of hydrogen-bond acceptors (Lipinski definition) is 5. The van der Waals surface area contributed by atoms with Crippen molar-refractivity contribution >= 4 is 12.1 Å². The summed E-state index contributed by atoms with van der Waals surface area (Å²) in [6.45, 7) is 0.612. The van der Waals surface area contributed by atoms with Gasteiger partial charge in [0, 0.05) is 7.05 Å². The van der Waals surface area contributed by atoms with E-state index in [-0.39, 0.29) is 12.6 Å². The number of aliphatic hydroxyl groups is 1. The van der Waals surface area contributed by atoms with Gasteiger partial charge < -0.3 is 14.7 Å². The van der Waals surface area contributed by atoms with Crippen molar-refractivity contribution in [2.75, 3.05) is 20.7 Å². The molecule has 1 aliphatic heterocycles. The molecule has 1 amide bonds. The quantitative estimate of drug-likeness (QED) is 0.830. The highest BCUT2D eigenvalue weighted by Gasteiger charge is 2.27. The van der Waals surface area contributed by atoms with Gasteiger partial charge in [0.15, 0.2) is 0 Å². The maximum atomic E-state index is 11.2. The van der Waals surface area contributed by atoms with Crippen molar-refractivity contribution in [2.24, 2.45) is 4.99 Å². The SMILES string of the molecule is COC(=O)NC1=NCC(c2ccc(CO)cc2)N1C. The van der Waals surface area contributed by atoms with Crippen molar-refractivity contribution in [1.29, 1.82) is 0 Å². The third kappa shape index (κ3) is 2.85. The summed E-state index contributed by atoms with van der Waals surface area (Å²) in [5, 5.41) is 11.6. The monoisotopic (exact) mass is 263 g/mol. The zero-order chi connectivity index (χ0) is 13.8. The fourth-order valence-electron chi connectivity index (χ4n) is 2.00. The molecule has 0 aromatic heterocycles. The van der Waals surface area contributed by atoms with Crippen LogP contribution in [0.3, 0.4) is 0 Å². The van der Waals surface area contributed by atoms with Crippen molar-refractivity contribution in [1.82, 2.24) is 10.2 Å². The number of amides is 1. The zero-order valence-corrected chi connectivity index (χ0v) is 11.0. The average Bonchev–Trinajstić information content (AvgIpc) is 2.80. The van der Waals surface area contributed by atoms with Crippen molar-refractivity contribution in [3.05, 3.63) is 35.4 Å². The number of nitrogens with one attached hydrogen (secondary N) is 1. The Morgan fingerprint density at radius 1 is 1.53 bits per heavy atom. The first-order valence-corrected chi connectivity index (χ1v) is 5.97. The summed E-state index contributed by atoms with van der Waals surface area (Å²) >= 11 is 0. The molecule has 0 saturated heterocycles. The van der Waals surface area contributed by atoms with Crippen LogP contribution in [0.25, 0.3) is 0 Å². The fraction of sp³-hybridized carbons (Fsp3) is 0.385. The van der Waals surface area contributed by atoms with E-state index < -0.39 is 6.09 Å². The molecular formula is C13H17N3O3. The lowest BCUT2D eigenvalue weighted by molar-refractivity contribution is 0.175. The summed E-state index contributed by atoms with van der Waals surface area (Å²) in [5.41, 5.74) is 1.96. The normalized spacial score (nSPS) is 18.2. The topological polar surface area (TPSA) is 74.2 Å². The number of guanidine groups is 1. The lowest BCUT2D eigenvalue weighted by Gasteiger charge is -2.23. The summed E-state index contributed by atoms with van der Waals surface area (Å²) in [5.74, 6) is 0.503. The molecule has 0 aliphatic carbocycles. The highest BCUT2D eigenvalue weighted by Crippen LogP contribution is 2.24. The van der Waals surface area contributed by atoms with E-state index in [1.807, 2.05) is 36.2 Å². The van der Waals surface area contributed by atoms with Gasteiger partial charge in [-0.25, -0.2) is 4.79 Å². The molecule has 19 heavy (non-hydrogen) atoms. The van der Waals surface area contributed by atoms with E-state index in [0.717, 1.165) is 11.1 Å². The predicted octanol–water partition coefficient (Wildman–Crippen LogP) is 0.877. The highest BCUT2D eigenvalue weighted by atomic mass is 16.5. The minimum Gasteiger partial charge on any atom is -0.453 e. The molecule has 102 valence electrons. The van der Waals surface area contributed by atoms with Gasteiger partial charge in [-0.15, -0.1) is 0 Å². The molecule has 1 aromatic carbocycles. The lowest BCUT2D eigenvalue weighted by atomic mass is 10.0. The van der Waals surface area contributed by atoms with E-state index in [1.165, 1.54) is 7.11 Å². The van der Waals surface area contributed by atoms with E-state index in [4.69, 9.17) is 5.11 Å². The van der Waals surface area contributed by atoms with Crippen LogP contribution in [-0.2, 0) is 11.3 Å². The fourth-order valence-corrected chi connectivity index (χ4v) is 2.00. The summed E-state index contributed by atoms with van der Waals surface area (Å²) in [6, 6.07) is 7.77. The number of methoxy groups -OCH3 is 1. The molecular weight excluding hydrogens is 246 g/mol. The molecule has 6 nitrogen and oxygen atoms in total. The van der Waals surface area contributed by atoms with Gasteiger partial charge in [-0.1, -0.05) is 24.3 Å². The van der Waals surface area contributed by atoms with Crippen LogP contribution in [0.1, 0.15) is 17.2 Å². The Morgan fingerprint density at radius 2 is 2.21 bits per heavy atom. The van der Waals surface area contributed by atoms with Crippen LogP contribution in [0.5, 0.6) is 0 Å². The Morgan fingerprint density at radius 3 is 2.79 bits per heavy atom. The van der Waals surface area contributed by atoms with E-state index in [1.54, 1.807) is 0 Å². The number of benzene rings is 1. The molecule has 2 rings (SSSR count). The van der Waals surface area contributed by atoms with Crippen molar-refractivity contribution in [2.45, 2.75) is 12.6 Å². The van der Waals surface area contributed by atoms with Crippen LogP contribution in [0.2, 0.25) is 0 Å². The van der Waals surface area contributed by atoms with Crippen molar-refractivity contribution in [3.8, 4) is 0 Å². The van der Waals surface area contributed by atoms with Crippen LogP contribution >= 0.6 is 0 Å². The lowest BCUT2D eigenvalue weighted by Crippen LogP contribution is -2.40. The Hall–Kier alpha value is -2.08. The van der Waals surface area contributed by atoms with E-state index in [0.29, 0.717) is 12.5 Å². The number of carbonyl (C=O) groups is 1. The Bertz CT molecular complexity index is 484. The molecule has 1 unspecified atom stereocenters. The van der Waals surface area contributed by atoms with Gasteiger partial charge >= 0.3 is 6.09 Å². The van der Waals surface area contributed by atoms with E-state index in [9.17, 15) is 4.79 Å². The van der Waals surface area contributed by atoms with Crippen molar-refractivity contribution in [3.63, 3.8) is 0 Å². The number of nitrogens with zero attached hydrogens (tertiary/aromatic N) is 2. The molecule has 0 spiro atoms. The second kappa shape index (κ2) is 5.71. The third-order valence-electron chi connectivity index (χ3n) is 3.16.